The molecule has 1 N–H and O–H groups in total. The second kappa shape index (κ2) is 10.3. The number of carbonyl (C=O) groups is 1. The van der Waals surface area contributed by atoms with Crippen molar-refractivity contribution in [2.24, 2.45) is 0 Å². The van der Waals surface area contributed by atoms with E-state index < -0.39 is 6.61 Å². The van der Waals surface area contributed by atoms with Crippen LogP contribution in [0.4, 0.5) is 20.3 Å². The second-order valence-corrected chi connectivity index (χ2v) is 7.69. The van der Waals surface area contributed by atoms with Gasteiger partial charge in [-0.15, -0.1) is 0 Å². The molecule has 172 valence electrons. The number of pyridine rings is 1. The number of nitrogens with zero attached hydrogens (tertiary/aromatic N) is 2. The molecule has 6 nitrogen and oxygen atoms in total. The normalized spacial score (nSPS) is 13.6. The Morgan fingerprint density at radius 2 is 1.82 bits per heavy atom. The van der Waals surface area contributed by atoms with E-state index in [4.69, 9.17) is 9.47 Å². The first-order valence-electron chi connectivity index (χ1n) is 10.8. The number of hydrogen-bond donors (Lipinski definition) is 1. The highest BCUT2D eigenvalue weighted by Crippen LogP contribution is 2.35. The molecular weight excluding hydrogens is 428 g/mol. The van der Waals surface area contributed by atoms with Crippen LogP contribution in [0.3, 0.4) is 0 Å². The van der Waals surface area contributed by atoms with Crippen LogP contribution < -0.4 is 19.7 Å². The number of benzene rings is 2. The molecule has 2 aromatic carbocycles. The molecule has 1 aliphatic heterocycles. The molecule has 0 radical (unpaired) electrons. The molecule has 2 heterocycles. The predicted octanol–water partition coefficient (Wildman–Crippen LogP) is 5.60. The van der Waals surface area contributed by atoms with Gasteiger partial charge in [-0.3, -0.25) is 4.79 Å². The summed E-state index contributed by atoms with van der Waals surface area (Å²) in [6.45, 7) is -1.25. The molecule has 4 rings (SSSR count). The monoisotopic (exact) mass is 453 g/mol. The van der Waals surface area contributed by atoms with Crippen LogP contribution in [0.25, 0.3) is 11.1 Å². The van der Waals surface area contributed by atoms with Crippen molar-refractivity contribution in [1.82, 2.24) is 4.98 Å². The fourth-order valence-corrected chi connectivity index (χ4v) is 3.93. The van der Waals surface area contributed by atoms with Gasteiger partial charge in [-0.2, -0.15) is 8.78 Å². The minimum atomic E-state index is -2.97. The third-order valence-corrected chi connectivity index (χ3v) is 5.54. The van der Waals surface area contributed by atoms with Gasteiger partial charge in [0, 0.05) is 30.5 Å². The van der Waals surface area contributed by atoms with E-state index in [0.29, 0.717) is 33.9 Å². The van der Waals surface area contributed by atoms with Crippen LogP contribution in [-0.2, 0) is 0 Å². The van der Waals surface area contributed by atoms with Gasteiger partial charge < -0.3 is 19.7 Å². The minimum Gasteiger partial charge on any atom is -0.497 e. The van der Waals surface area contributed by atoms with Crippen molar-refractivity contribution in [1.29, 1.82) is 0 Å². The summed E-state index contributed by atoms with van der Waals surface area (Å²) < 4.78 is 35.8. The summed E-state index contributed by atoms with van der Waals surface area (Å²) >= 11 is 0. The van der Waals surface area contributed by atoms with Gasteiger partial charge in [0.05, 0.1) is 12.7 Å². The van der Waals surface area contributed by atoms with E-state index in [1.54, 1.807) is 61.8 Å². The Morgan fingerprint density at radius 1 is 1.06 bits per heavy atom. The van der Waals surface area contributed by atoms with Crippen molar-refractivity contribution in [3.8, 4) is 22.6 Å². The number of amides is 1. The number of halogens is 2. The Morgan fingerprint density at radius 3 is 2.52 bits per heavy atom. The first-order chi connectivity index (χ1) is 16.0. The van der Waals surface area contributed by atoms with E-state index >= 15 is 0 Å². The number of methoxy groups -OCH3 is 1. The fraction of sp³-hybridized carbons (Fsp3) is 0.280. The van der Waals surface area contributed by atoms with Gasteiger partial charge in [0.2, 0.25) is 0 Å². The highest BCUT2D eigenvalue weighted by Gasteiger charge is 2.20. The molecule has 0 atom stereocenters. The summed E-state index contributed by atoms with van der Waals surface area (Å²) in [6.07, 6.45) is 4.98. The molecule has 3 aromatic rings. The first kappa shape index (κ1) is 22.5. The van der Waals surface area contributed by atoms with Crippen LogP contribution in [0.5, 0.6) is 11.5 Å². The van der Waals surface area contributed by atoms with Crippen LogP contribution in [0.2, 0.25) is 0 Å². The Hall–Kier alpha value is -3.68. The number of ether oxygens (including phenoxy) is 2. The molecule has 0 saturated carbocycles. The molecule has 1 aromatic heterocycles. The SMILES string of the molecule is COc1ccc(-c2cc(NC(=O)c3cccnc3N3CCCCC3)ccc2OC(F)F)cc1. The molecule has 1 amide bonds. The first-order valence-corrected chi connectivity index (χ1v) is 10.8. The van der Waals surface area contributed by atoms with Crippen molar-refractivity contribution >= 4 is 17.4 Å². The molecule has 0 spiro atoms. The molecule has 0 aliphatic carbocycles. The van der Waals surface area contributed by atoms with Crippen LogP contribution >= 0.6 is 0 Å². The highest BCUT2D eigenvalue weighted by molar-refractivity contribution is 6.07. The lowest BCUT2D eigenvalue weighted by atomic mass is 10.0. The average Bonchev–Trinajstić information content (AvgIpc) is 2.85. The van der Waals surface area contributed by atoms with Crippen LogP contribution in [0.1, 0.15) is 29.6 Å². The number of piperidine rings is 1. The van der Waals surface area contributed by atoms with E-state index in [9.17, 15) is 13.6 Å². The van der Waals surface area contributed by atoms with Gasteiger partial charge in [-0.25, -0.2) is 4.98 Å². The van der Waals surface area contributed by atoms with E-state index in [1.807, 2.05) is 0 Å². The van der Waals surface area contributed by atoms with Crippen molar-refractivity contribution in [2.45, 2.75) is 25.9 Å². The number of anilines is 2. The molecule has 8 heteroatoms. The van der Waals surface area contributed by atoms with Gasteiger partial charge in [-0.1, -0.05) is 12.1 Å². The Balaban J connectivity index is 1.62. The largest absolute Gasteiger partial charge is 0.497 e. The van der Waals surface area contributed by atoms with Gasteiger partial charge >= 0.3 is 6.61 Å². The summed E-state index contributed by atoms with van der Waals surface area (Å²) in [7, 11) is 1.55. The van der Waals surface area contributed by atoms with Gasteiger partial charge in [0.15, 0.2) is 0 Å². The van der Waals surface area contributed by atoms with E-state index in [1.165, 1.54) is 12.5 Å². The van der Waals surface area contributed by atoms with Crippen LogP contribution in [0.15, 0.2) is 60.8 Å². The molecule has 1 saturated heterocycles. The lowest BCUT2D eigenvalue weighted by Gasteiger charge is -2.29. The molecule has 1 aliphatic rings. The predicted molar refractivity (Wildman–Crippen MR) is 123 cm³/mol. The minimum absolute atomic E-state index is 0.0172. The van der Waals surface area contributed by atoms with E-state index in [2.05, 4.69) is 15.2 Å². The summed E-state index contributed by atoms with van der Waals surface area (Å²) in [5, 5.41) is 2.88. The molecular formula is C25H25F2N3O3. The lowest BCUT2D eigenvalue weighted by molar-refractivity contribution is -0.0494. The zero-order valence-electron chi connectivity index (χ0n) is 18.3. The van der Waals surface area contributed by atoms with Crippen molar-refractivity contribution < 1.29 is 23.0 Å². The smallest absolute Gasteiger partial charge is 0.387 e. The molecule has 1 fully saturated rings. The number of carbonyl (C=O) groups excluding carboxylic acids is 1. The lowest BCUT2D eigenvalue weighted by Crippen LogP contribution is -2.32. The number of rotatable bonds is 7. The summed E-state index contributed by atoms with van der Waals surface area (Å²) in [6, 6.07) is 15.0. The van der Waals surface area contributed by atoms with Crippen molar-refractivity contribution in [3.63, 3.8) is 0 Å². The Kier molecular flexibility index (Phi) is 7.02. The van der Waals surface area contributed by atoms with Crippen molar-refractivity contribution in [2.75, 3.05) is 30.4 Å². The molecule has 33 heavy (non-hydrogen) atoms. The molecule has 0 unspecified atom stereocenters. The average molecular weight is 453 g/mol. The zero-order chi connectivity index (χ0) is 23.2. The zero-order valence-corrected chi connectivity index (χ0v) is 18.3. The van der Waals surface area contributed by atoms with Gasteiger partial charge in [0.25, 0.3) is 5.91 Å². The van der Waals surface area contributed by atoms with Crippen LogP contribution in [0, 0.1) is 0 Å². The van der Waals surface area contributed by atoms with Crippen LogP contribution in [-0.4, -0.2) is 37.7 Å². The second-order valence-electron chi connectivity index (χ2n) is 7.69. The number of aromatic nitrogens is 1. The number of alkyl halides is 2. The van der Waals surface area contributed by atoms with E-state index in [-0.39, 0.29) is 11.7 Å². The topological polar surface area (TPSA) is 63.7 Å². The Labute approximate surface area is 191 Å². The van der Waals surface area contributed by atoms with Gasteiger partial charge in [0.1, 0.15) is 17.3 Å². The quantitative estimate of drug-likeness (QED) is 0.504. The summed E-state index contributed by atoms with van der Waals surface area (Å²) in [4.78, 5) is 19.7. The summed E-state index contributed by atoms with van der Waals surface area (Å²) in [5.41, 5.74) is 2.01. The van der Waals surface area contributed by atoms with Crippen molar-refractivity contribution in [3.05, 3.63) is 66.4 Å². The fourth-order valence-electron chi connectivity index (χ4n) is 3.93. The van der Waals surface area contributed by atoms with Gasteiger partial charge in [-0.05, 0) is 67.3 Å². The number of nitrogens with one attached hydrogen (secondary N) is 1. The highest BCUT2D eigenvalue weighted by atomic mass is 19.3. The maximum atomic E-state index is 13.1. The summed E-state index contributed by atoms with van der Waals surface area (Å²) in [5.74, 6) is 1.000. The third-order valence-electron chi connectivity index (χ3n) is 5.54. The van der Waals surface area contributed by atoms with E-state index in [0.717, 1.165) is 25.9 Å². The third kappa shape index (κ3) is 5.39. The maximum absolute atomic E-state index is 13.1. The molecule has 0 bridgehead atoms. The standard InChI is InChI=1S/C25H25F2N3O3/c1-32-19-10-7-17(8-11-19)21-16-18(9-12-22(21)33-25(26)27)29-24(31)20-6-5-13-28-23(20)30-14-3-2-4-15-30/h5-13,16,25H,2-4,14-15H2,1H3,(H,29,31). The Bertz CT molecular complexity index is 1100. The maximum Gasteiger partial charge on any atom is 0.387 e. The number of hydrogen-bond acceptors (Lipinski definition) is 5.